The third kappa shape index (κ3) is 0.669. The third-order valence-electron chi connectivity index (χ3n) is 1.87. The molecule has 2 unspecified atom stereocenters. The first-order valence-corrected chi connectivity index (χ1v) is 4.11. The lowest BCUT2D eigenvalue weighted by Crippen LogP contribution is -2.13. The van der Waals surface area contributed by atoms with Crippen molar-refractivity contribution < 1.29 is 9.59 Å². The van der Waals surface area contributed by atoms with Crippen molar-refractivity contribution >= 4 is 23.3 Å². The van der Waals surface area contributed by atoms with Crippen LogP contribution in [0, 0.1) is 5.92 Å². The third-order valence-corrected chi connectivity index (χ3v) is 3.04. The average molecular weight is 154 g/mol. The Bertz CT molecular complexity index is 232. The van der Waals surface area contributed by atoms with E-state index in [0.29, 0.717) is 0 Å². The normalized spacial score (nSPS) is 37.2. The van der Waals surface area contributed by atoms with Crippen molar-refractivity contribution in [2.45, 2.75) is 11.7 Å². The number of carbonyl (C=O) groups is 2. The number of hydrogen-bond acceptors (Lipinski definition) is 3. The van der Waals surface area contributed by atoms with E-state index in [0.717, 1.165) is 0 Å². The summed E-state index contributed by atoms with van der Waals surface area (Å²) in [5, 5.41) is 1.79. The zero-order valence-electron chi connectivity index (χ0n) is 5.24. The molecule has 1 saturated carbocycles. The van der Waals surface area contributed by atoms with E-state index in [9.17, 15) is 9.59 Å². The first-order valence-electron chi connectivity index (χ1n) is 3.16. The minimum atomic E-state index is -0.0856. The quantitative estimate of drug-likeness (QED) is 0.483. The van der Waals surface area contributed by atoms with Crippen molar-refractivity contribution in [1.82, 2.24) is 0 Å². The maximum Gasteiger partial charge on any atom is 0.154 e. The molecule has 52 valence electrons. The van der Waals surface area contributed by atoms with E-state index in [1.54, 1.807) is 0 Å². The second kappa shape index (κ2) is 1.95. The maximum atomic E-state index is 11.0. The molecular formula is C7H6O2S. The highest BCUT2D eigenvalue weighted by atomic mass is 32.2. The van der Waals surface area contributed by atoms with Gasteiger partial charge in [-0.3, -0.25) is 9.59 Å². The topological polar surface area (TPSA) is 34.1 Å². The maximum absolute atomic E-state index is 11.0. The lowest BCUT2D eigenvalue weighted by Gasteiger charge is -2.00. The summed E-state index contributed by atoms with van der Waals surface area (Å²) in [4.78, 5) is 22.0. The summed E-state index contributed by atoms with van der Waals surface area (Å²) in [6.45, 7) is 0. The number of rotatable bonds is 0. The summed E-state index contributed by atoms with van der Waals surface area (Å²) in [6.07, 6.45) is 2.00. The Balaban J connectivity index is 2.33. The standard InChI is InChI=1S/C7H6O2S/c8-5-3-6(9)7-4(5)1-2-10-7/h1-2,4,7H,3H2. The molecule has 2 rings (SSSR count). The number of allylic oxidation sites excluding steroid dienone is 1. The van der Waals surface area contributed by atoms with Crippen molar-refractivity contribution in [3.8, 4) is 0 Å². The van der Waals surface area contributed by atoms with Gasteiger partial charge in [0.2, 0.25) is 0 Å². The summed E-state index contributed by atoms with van der Waals surface area (Å²) < 4.78 is 0. The van der Waals surface area contributed by atoms with Crippen LogP contribution < -0.4 is 0 Å². The molecule has 0 N–H and O–H groups in total. The van der Waals surface area contributed by atoms with Crippen LogP contribution in [0.2, 0.25) is 0 Å². The number of fused-ring (bicyclic) bond motifs is 1. The van der Waals surface area contributed by atoms with Crippen LogP contribution in [0.5, 0.6) is 0 Å². The van der Waals surface area contributed by atoms with Crippen LogP contribution in [0.3, 0.4) is 0 Å². The second-order valence-corrected chi connectivity index (χ2v) is 3.57. The highest BCUT2D eigenvalue weighted by Crippen LogP contribution is 2.37. The minimum Gasteiger partial charge on any atom is -0.298 e. The summed E-state index contributed by atoms with van der Waals surface area (Å²) in [5.41, 5.74) is 0. The Morgan fingerprint density at radius 2 is 2.20 bits per heavy atom. The van der Waals surface area contributed by atoms with E-state index in [1.165, 1.54) is 11.8 Å². The summed E-state index contributed by atoms with van der Waals surface area (Å²) >= 11 is 1.47. The SMILES string of the molecule is O=C1CC(=O)C2SC=CC12. The van der Waals surface area contributed by atoms with Crippen LogP contribution in [0.1, 0.15) is 6.42 Å². The molecule has 1 fully saturated rings. The molecule has 0 spiro atoms. The van der Waals surface area contributed by atoms with Gasteiger partial charge in [0.1, 0.15) is 5.78 Å². The fraction of sp³-hybridized carbons (Fsp3) is 0.429. The van der Waals surface area contributed by atoms with Gasteiger partial charge in [-0.05, 0) is 5.41 Å². The number of Topliss-reactive ketones (excluding diaryl/α,β-unsaturated/α-hetero) is 2. The van der Waals surface area contributed by atoms with Crippen molar-refractivity contribution in [2.75, 3.05) is 0 Å². The van der Waals surface area contributed by atoms with Gasteiger partial charge in [-0.15, -0.1) is 11.8 Å². The minimum absolute atomic E-state index is 0.0625. The van der Waals surface area contributed by atoms with E-state index in [-0.39, 0.29) is 29.2 Å². The average Bonchev–Trinajstić information content (AvgIpc) is 2.39. The highest BCUT2D eigenvalue weighted by molar-refractivity contribution is 8.03. The van der Waals surface area contributed by atoms with Crippen LogP contribution in [-0.4, -0.2) is 16.8 Å². The van der Waals surface area contributed by atoms with Crippen LogP contribution in [0.4, 0.5) is 0 Å². The van der Waals surface area contributed by atoms with E-state index in [4.69, 9.17) is 0 Å². The van der Waals surface area contributed by atoms with Crippen LogP contribution in [-0.2, 0) is 9.59 Å². The van der Waals surface area contributed by atoms with Crippen molar-refractivity contribution in [1.29, 1.82) is 0 Å². The lowest BCUT2D eigenvalue weighted by molar-refractivity contribution is -0.122. The molecule has 2 nitrogen and oxygen atoms in total. The van der Waals surface area contributed by atoms with Crippen LogP contribution in [0.25, 0.3) is 0 Å². The fourth-order valence-corrected chi connectivity index (χ4v) is 2.42. The molecule has 2 aliphatic rings. The van der Waals surface area contributed by atoms with E-state index in [2.05, 4.69) is 0 Å². The van der Waals surface area contributed by atoms with Gasteiger partial charge in [-0.25, -0.2) is 0 Å². The summed E-state index contributed by atoms with van der Waals surface area (Å²) in [6, 6.07) is 0. The molecule has 1 heterocycles. The van der Waals surface area contributed by atoms with Crippen molar-refractivity contribution in [3.63, 3.8) is 0 Å². The van der Waals surface area contributed by atoms with Gasteiger partial charge in [0, 0.05) is 0 Å². The van der Waals surface area contributed by atoms with E-state index >= 15 is 0 Å². The number of carbonyl (C=O) groups excluding carboxylic acids is 2. The Hall–Kier alpha value is -0.570. The number of ketones is 2. The predicted octanol–water partition coefficient (Wildman–Crippen LogP) is 0.774. The molecule has 0 saturated heterocycles. The monoisotopic (exact) mass is 154 g/mol. The molecule has 0 aromatic rings. The van der Waals surface area contributed by atoms with Crippen LogP contribution >= 0.6 is 11.8 Å². The van der Waals surface area contributed by atoms with Crippen molar-refractivity contribution in [3.05, 3.63) is 11.5 Å². The zero-order valence-corrected chi connectivity index (χ0v) is 6.06. The Morgan fingerprint density at radius 3 is 2.90 bits per heavy atom. The number of thioether (sulfide) groups is 1. The smallest absolute Gasteiger partial charge is 0.154 e. The van der Waals surface area contributed by atoms with E-state index < -0.39 is 0 Å². The van der Waals surface area contributed by atoms with Crippen LogP contribution in [0.15, 0.2) is 11.5 Å². The van der Waals surface area contributed by atoms with E-state index in [1.807, 2.05) is 11.5 Å². The zero-order chi connectivity index (χ0) is 7.14. The molecule has 1 aliphatic heterocycles. The molecule has 10 heavy (non-hydrogen) atoms. The largest absolute Gasteiger partial charge is 0.298 e. The lowest BCUT2D eigenvalue weighted by atomic mass is 10.1. The molecule has 0 amide bonds. The molecule has 3 heteroatoms. The van der Waals surface area contributed by atoms with Gasteiger partial charge in [0.05, 0.1) is 17.6 Å². The molecule has 0 aromatic carbocycles. The van der Waals surface area contributed by atoms with Crippen molar-refractivity contribution in [2.24, 2.45) is 5.92 Å². The molecule has 2 atom stereocenters. The molecular weight excluding hydrogens is 148 g/mol. The predicted molar refractivity (Wildman–Crippen MR) is 38.6 cm³/mol. The van der Waals surface area contributed by atoms with Gasteiger partial charge in [-0.2, -0.15) is 0 Å². The second-order valence-electron chi connectivity index (χ2n) is 2.52. The first-order chi connectivity index (χ1) is 4.79. The first kappa shape index (κ1) is 6.16. The summed E-state index contributed by atoms with van der Waals surface area (Å²) in [7, 11) is 0. The molecule has 0 radical (unpaired) electrons. The Kier molecular flexibility index (Phi) is 1.20. The molecule has 1 aliphatic carbocycles. The molecule has 0 bridgehead atoms. The van der Waals surface area contributed by atoms with Gasteiger partial charge in [0.15, 0.2) is 5.78 Å². The summed E-state index contributed by atoms with van der Waals surface area (Å²) in [5.74, 6) is 0.110. The Labute approximate surface area is 62.7 Å². The number of hydrogen-bond donors (Lipinski definition) is 0. The molecule has 0 aromatic heterocycles. The van der Waals surface area contributed by atoms with Gasteiger partial charge in [0.25, 0.3) is 0 Å². The fourth-order valence-electron chi connectivity index (χ4n) is 1.34. The van der Waals surface area contributed by atoms with Gasteiger partial charge >= 0.3 is 0 Å². The Morgan fingerprint density at radius 1 is 1.40 bits per heavy atom. The van der Waals surface area contributed by atoms with Gasteiger partial charge in [-0.1, -0.05) is 6.08 Å². The highest BCUT2D eigenvalue weighted by Gasteiger charge is 2.42. The van der Waals surface area contributed by atoms with Gasteiger partial charge < -0.3 is 0 Å².